The van der Waals surface area contributed by atoms with E-state index in [1.54, 1.807) is 36.4 Å². The Morgan fingerprint density at radius 3 is 2.55 bits per heavy atom. The van der Waals surface area contributed by atoms with Crippen LogP contribution in [0.3, 0.4) is 0 Å². The van der Waals surface area contributed by atoms with E-state index in [1.807, 2.05) is 13.0 Å². The number of H-pyrrole nitrogens is 1. The number of aromatic nitrogens is 1. The maximum Gasteiger partial charge on any atom is 0.330 e. The third-order valence-electron chi connectivity index (χ3n) is 5.85. The highest BCUT2D eigenvalue weighted by Gasteiger charge is 2.45. The molecule has 31 heavy (non-hydrogen) atoms. The molecule has 1 saturated carbocycles. The minimum absolute atomic E-state index is 0.0975. The monoisotopic (exact) mass is 432 g/mol. The molecule has 4 nitrogen and oxygen atoms in total. The van der Waals surface area contributed by atoms with Crippen molar-refractivity contribution in [1.82, 2.24) is 4.98 Å². The molecule has 7 heteroatoms. The molecule has 1 heterocycles. The standard InChI is InChI=1S/C24H27F3N2O2/c1-2-31-14-15-12-18-20(24(26,27)23(25)30)21(16-8-4-3-5-9-16)29-22(18)19(13-15)28-17-10-6-7-11-17/h3-5,8-9,12-13,17,23,28-30H,2,6-7,10-11,14H2,1H3. The topological polar surface area (TPSA) is 57.3 Å². The van der Waals surface area contributed by atoms with Crippen LogP contribution in [-0.4, -0.2) is 29.1 Å². The van der Waals surface area contributed by atoms with Crippen LogP contribution < -0.4 is 5.32 Å². The van der Waals surface area contributed by atoms with Crippen LogP contribution in [0.4, 0.5) is 18.9 Å². The lowest BCUT2D eigenvalue weighted by atomic mass is 9.98. The number of alkyl halides is 3. The SMILES string of the molecule is CCOCc1cc(NC2CCCC2)c2[nH]c(-c3ccccc3)c(C(F)(F)C(O)F)c2c1. The predicted molar refractivity (Wildman–Crippen MR) is 116 cm³/mol. The first-order valence-corrected chi connectivity index (χ1v) is 10.7. The zero-order chi connectivity index (χ0) is 22.0. The Hall–Kier alpha value is -2.51. The Labute approximate surface area is 179 Å². The molecule has 2 aromatic carbocycles. The van der Waals surface area contributed by atoms with E-state index in [4.69, 9.17) is 4.74 Å². The summed E-state index contributed by atoms with van der Waals surface area (Å²) in [6, 6.07) is 12.3. The van der Waals surface area contributed by atoms with Gasteiger partial charge in [-0.25, -0.2) is 4.39 Å². The van der Waals surface area contributed by atoms with Gasteiger partial charge in [-0.3, -0.25) is 0 Å². The number of benzene rings is 2. The van der Waals surface area contributed by atoms with Crippen LogP contribution in [0.2, 0.25) is 0 Å². The molecule has 1 atom stereocenters. The van der Waals surface area contributed by atoms with Crippen molar-refractivity contribution in [3.8, 4) is 11.3 Å². The van der Waals surface area contributed by atoms with Crippen LogP contribution >= 0.6 is 0 Å². The van der Waals surface area contributed by atoms with Gasteiger partial charge in [0, 0.05) is 18.0 Å². The molecule has 0 spiro atoms. The van der Waals surface area contributed by atoms with Gasteiger partial charge in [-0.15, -0.1) is 0 Å². The Bertz CT molecular complexity index is 1030. The lowest BCUT2D eigenvalue weighted by Gasteiger charge is -2.19. The van der Waals surface area contributed by atoms with Crippen molar-refractivity contribution >= 4 is 16.6 Å². The number of halogens is 3. The fraction of sp³-hybridized carbons (Fsp3) is 0.417. The summed E-state index contributed by atoms with van der Waals surface area (Å²) in [4.78, 5) is 3.11. The number of anilines is 1. The largest absolute Gasteiger partial charge is 0.381 e. The van der Waals surface area contributed by atoms with Crippen molar-refractivity contribution in [1.29, 1.82) is 0 Å². The van der Waals surface area contributed by atoms with Crippen LogP contribution in [0.25, 0.3) is 22.2 Å². The van der Waals surface area contributed by atoms with Gasteiger partial charge in [0.15, 0.2) is 0 Å². The van der Waals surface area contributed by atoms with E-state index < -0.39 is 17.8 Å². The van der Waals surface area contributed by atoms with E-state index in [0.29, 0.717) is 28.9 Å². The molecule has 3 N–H and O–H groups in total. The molecule has 0 radical (unpaired) electrons. The minimum Gasteiger partial charge on any atom is -0.381 e. The highest BCUT2D eigenvalue weighted by atomic mass is 19.3. The Morgan fingerprint density at radius 1 is 1.19 bits per heavy atom. The summed E-state index contributed by atoms with van der Waals surface area (Å²) in [5.41, 5.74) is 1.91. The number of ether oxygens (including phenoxy) is 1. The van der Waals surface area contributed by atoms with Gasteiger partial charge >= 0.3 is 5.92 Å². The summed E-state index contributed by atoms with van der Waals surface area (Å²) in [6.07, 6.45) is 0.939. The molecular weight excluding hydrogens is 405 g/mol. The number of fused-ring (bicyclic) bond motifs is 1. The highest BCUT2D eigenvalue weighted by Crippen LogP contribution is 2.45. The first-order valence-electron chi connectivity index (χ1n) is 10.7. The molecule has 1 fully saturated rings. The number of nitrogens with one attached hydrogen (secondary N) is 2. The molecule has 0 aliphatic heterocycles. The van der Waals surface area contributed by atoms with Crippen LogP contribution in [0, 0.1) is 0 Å². The van der Waals surface area contributed by atoms with Crippen molar-refractivity contribution < 1.29 is 23.0 Å². The molecule has 0 bridgehead atoms. The molecule has 1 aromatic heterocycles. The summed E-state index contributed by atoms with van der Waals surface area (Å²) in [6.45, 7) is 2.60. The van der Waals surface area contributed by atoms with Gasteiger partial charge in [-0.2, -0.15) is 8.78 Å². The van der Waals surface area contributed by atoms with Crippen molar-refractivity contribution in [2.45, 2.75) is 57.5 Å². The van der Waals surface area contributed by atoms with E-state index in [0.717, 1.165) is 25.7 Å². The lowest BCUT2D eigenvalue weighted by molar-refractivity contribution is -0.173. The van der Waals surface area contributed by atoms with E-state index >= 15 is 8.78 Å². The van der Waals surface area contributed by atoms with E-state index in [1.165, 1.54) is 0 Å². The second-order valence-corrected chi connectivity index (χ2v) is 8.03. The van der Waals surface area contributed by atoms with Crippen molar-refractivity contribution in [3.05, 3.63) is 53.6 Å². The number of hydrogen-bond donors (Lipinski definition) is 3. The molecular formula is C24H27F3N2O2. The van der Waals surface area contributed by atoms with E-state index in [-0.39, 0.29) is 23.7 Å². The molecule has 0 saturated heterocycles. The Morgan fingerprint density at radius 2 is 1.90 bits per heavy atom. The average molecular weight is 432 g/mol. The summed E-state index contributed by atoms with van der Waals surface area (Å²) in [5, 5.41) is 13.0. The quantitative estimate of drug-likeness (QED) is 0.403. The fourth-order valence-corrected chi connectivity index (χ4v) is 4.35. The zero-order valence-corrected chi connectivity index (χ0v) is 17.4. The van der Waals surface area contributed by atoms with Gasteiger partial charge in [0.2, 0.25) is 0 Å². The van der Waals surface area contributed by atoms with Crippen molar-refractivity contribution in [2.24, 2.45) is 0 Å². The molecule has 3 aromatic rings. The molecule has 1 unspecified atom stereocenters. The average Bonchev–Trinajstić information content (AvgIpc) is 3.40. The number of aliphatic hydroxyl groups is 1. The predicted octanol–water partition coefficient (Wildman–Crippen LogP) is 6.11. The molecule has 1 aliphatic rings. The molecule has 0 amide bonds. The van der Waals surface area contributed by atoms with Crippen LogP contribution in [0.15, 0.2) is 42.5 Å². The summed E-state index contributed by atoms with van der Waals surface area (Å²) in [7, 11) is 0. The molecule has 4 rings (SSSR count). The van der Waals surface area contributed by atoms with Gasteiger partial charge in [-0.1, -0.05) is 43.2 Å². The zero-order valence-electron chi connectivity index (χ0n) is 17.4. The summed E-state index contributed by atoms with van der Waals surface area (Å²) >= 11 is 0. The number of rotatable bonds is 8. The normalized spacial score (nSPS) is 16.2. The van der Waals surface area contributed by atoms with Gasteiger partial charge in [0.1, 0.15) is 0 Å². The van der Waals surface area contributed by atoms with Gasteiger partial charge in [0.25, 0.3) is 6.36 Å². The third kappa shape index (κ3) is 4.29. The number of hydrogen-bond acceptors (Lipinski definition) is 3. The number of aliphatic hydroxyl groups excluding tert-OH is 1. The summed E-state index contributed by atoms with van der Waals surface area (Å²) < 4.78 is 49.3. The van der Waals surface area contributed by atoms with E-state index in [2.05, 4.69) is 10.3 Å². The van der Waals surface area contributed by atoms with Crippen molar-refractivity contribution in [3.63, 3.8) is 0 Å². The molecule has 166 valence electrons. The Balaban J connectivity index is 1.95. The van der Waals surface area contributed by atoms with Crippen LogP contribution in [0.5, 0.6) is 0 Å². The second kappa shape index (κ2) is 8.93. The van der Waals surface area contributed by atoms with Gasteiger partial charge in [-0.05, 0) is 43.0 Å². The summed E-state index contributed by atoms with van der Waals surface area (Å²) in [5.74, 6) is -4.09. The molecule has 1 aliphatic carbocycles. The van der Waals surface area contributed by atoms with Crippen molar-refractivity contribution in [2.75, 3.05) is 11.9 Å². The van der Waals surface area contributed by atoms with Gasteiger partial charge < -0.3 is 20.1 Å². The second-order valence-electron chi connectivity index (χ2n) is 8.03. The minimum atomic E-state index is -4.09. The lowest BCUT2D eigenvalue weighted by Crippen LogP contribution is -2.27. The first-order chi connectivity index (χ1) is 14.9. The Kier molecular flexibility index (Phi) is 6.25. The van der Waals surface area contributed by atoms with Crippen LogP contribution in [0.1, 0.15) is 43.7 Å². The van der Waals surface area contributed by atoms with Gasteiger partial charge in [0.05, 0.1) is 29.1 Å². The third-order valence-corrected chi connectivity index (χ3v) is 5.85. The maximum absolute atomic E-state index is 15.0. The van der Waals surface area contributed by atoms with E-state index in [9.17, 15) is 9.50 Å². The maximum atomic E-state index is 15.0. The first kappa shape index (κ1) is 21.7. The highest BCUT2D eigenvalue weighted by molar-refractivity contribution is 5.99. The van der Waals surface area contributed by atoms with Crippen LogP contribution in [-0.2, 0) is 17.3 Å². The number of aromatic amines is 1. The smallest absolute Gasteiger partial charge is 0.330 e. The fourth-order valence-electron chi connectivity index (χ4n) is 4.35.